The Labute approximate surface area is 140 Å². The molecule has 0 bridgehead atoms. The molecule has 0 aliphatic carbocycles. The van der Waals surface area contributed by atoms with E-state index in [0.29, 0.717) is 6.07 Å². The number of aromatic carboxylic acids is 1. The van der Waals surface area contributed by atoms with Crippen molar-refractivity contribution in [1.82, 2.24) is 0 Å². The molecule has 2 aromatic carbocycles. The summed E-state index contributed by atoms with van der Waals surface area (Å²) in [6.07, 6.45) is 0. The van der Waals surface area contributed by atoms with Crippen LogP contribution in [0, 0.1) is 0 Å². The number of nitrogens with one attached hydrogen (secondary N) is 1. The number of rotatable bonds is 4. The SMILES string of the molecule is O=C(O)c1ccc(NC(=O)c2cc(O)cc(S(=O)(=O)O)c2O)cc1O. The van der Waals surface area contributed by atoms with Gasteiger partial charge in [0.15, 0.2) is 0 Å². The third-order valence-corrected chi connectivity index (χ3v) is 3.94. The number of aromatic hydroxyl groups is 3. The van der Waals surface area contributed by atoms with Crippen LogP contribution in [0.1, 0.15) is 20.7 Å². The lowest BCUT2D eigenvalue weighted by atomic mass is 10.1. The highest BCUT2D eigenvalue weighted by molar-refractivity contribution is 7.86. The van der Waals surface area contributed by atoms with Crippen LogP contribution < -0.4 is 5.32 Å². The number of anilines is 1. The first-order valence-electron chi connectivity index (χ1n) is 6.42. The summed E-state index contributed by atoms with van der Waals surface area (Å²) in [5.74, 6) is -4.91. The van der Waals surface area contributed by atoms with E-state index >= 15 is 0 Å². The maximum atomic E-state index is 12.1. The summed E-state index contributed by atoms with van der Waals surface area (Å²) in [7, 11) is -4.90. The number of carbonyl (C=O) groups excluding carboxylic acids is 1. The van der Waals surface area contributed by atoms with Crippen LogP contribution >= 0.6 is 0 Å². The fourth-order valence-corrected chi connectivity index (χ4v) is 2.58. The predicted molar refractivity (Wildman–Crippen MR) is 82.6 cm³/mol. The van der Waals surface area contributed by atoms with E-state index < -0.39 is 55.3 Å². The first kappa shape index (κ1) is 18.0. The van der Waals surface area contributed by atoms with Gasteiger partial charge >= 0.3 is 5.97 Å². The Kier molecular flexibility index (Phi) is 4.54. The van der Waals surface area contributed by atoms with Gasteiger partial charge in [-0.1, -0.05) is 0 Å². The normalized spacial score (nSPS) is 11.1. The van der Waals surface area contributed by atoms with Crippen molar-refractivity contribution in [3.8, 4) is 17.2 Å². The Morgan fingerprint density at radius 2 is 1.60 bits per heavy atom. The van der Waals surface area contributed by atoms with E-state index in [1.807, 2.05) is 0 Å². The van der Waals surface area contributed by atoms with Crippen LogP contribution in [0.5, 0.6) is 17.2 Å². The average Bonchev–Trinajstić information content (AvgIpc) is 2.47. The van der Waals surface area contributed by atoms with Gasteiger partial charge in [-0.15, -0.1) is 0 Å². The molecule has 25 heavy (non-hydrogen) atoms. The van der Waals surface area contributed by atoms with Crippen molar-refractivity contribution in [2.45, 2.75) is 4.90 Å². The monoisotopic (exact) mass is 369 g/mol. The van der Waals surface area contributed by atoms with Crippen molar-refractivity contribution in [1.29, 1.82) is 0 Å². The van der Waals surface area contributed by atoms with Crippen LogP contribution in [0.3, 0.4) is 0 Å². The molecular weight excluding hydrogens is 358 g/mol. The molecule has 1 amide bonds. The summed E-state index contributed by atoms with van der Waals surface area (Å²) in [4.78, 5) is 21.9. The van der Waals surface area contributed by atoms with Crippen molar-refractivity contribution >= 4 is 27.7 Å². The lowest BCUT2D eigenvalue weighted by molar-refractivity contribution is 0.0693. The van der Waals surface area contributed by atoms with Gasteiger partial charge in [-0.05, 0) is 18.2 Å². The van der Waals surface area contributed by atoms with E-state index in [1.54, 1.807) is 0 Å². The third-order valence-electron chi connectivity index (χ3n) is 3.07. The first-order chi connectivity index (χ1) is 11.5. The number of amides is 1. The fourth-order valence-electron chi connectivity index (χ4n) is 1.95. The van der Waals surface area contributed by atoms with Crippen molar-refractivity contribution < 1.29 is 43.0 Å². The van der Waals surface area contributed by atoms with Crippen LogP contribution in [0.15, 0.2) is 35.2 Å². The Bertz CT molecular complexity index is 982. The molecule has 2 aromatic rings. The molecule has 0 aliphatic rings. The number of hydrogen-bond acceptors (Lipinski definition) is 7. The Morgan fingerprint density at radius 1 is 0.960 bits per heavy atom. The number of phenols is 3. The summed E-state index contributed by atoms with van der Waals surface area (Å²) >= 11 is 0. The van der Waals surface area contributed by atoms with Crippen LogP contribution in [0.4, 0.5) is 5.69 Å². The van der Waals surface area contributed by atoms with Gasteiger partial charge in [-0.3, -0.25) is 9.35 Å². The van der Waals surface area contributed by atoms with Crippen LogP contribution in [0.2, 0.25) is 0 Å². The number of carboxylic acid groups (broad SMARTS) is 1. The van der Waals surface area contributed by atoms with Gasteiger partial charge in [0.25, 0.3) is 16.0 Å². The molecule has 0 aliphatic heterocycles. The molecule has 6 N–H and O–H groups in total. The van der Waals surface area contributed by atoms with Crippen molar-refractivity contribution in [3.63, 3.8) is 0 Å². The zero-order valence-electron chi connectivity index (χ0n) is 12.2. The summed E-state index contributed by atoms with van der Waals surface area (Å²) in [6.45, 7) is 0. The zero-order chi connectivity index (χ0) is 18.9. The van der Waals surface area contributed by atoms with E-state index in [4.69, 9.17) is 9.66 Å². The highest BCUT2D eigenvalue weighted by atomic mass is 32.2. The minimum Gasteiger partial charge on any atom is -0.508 e. The van der Waals surface area contributed by atoms with E-state index in [1.165, 1.54) is 0 Å². The second kappa shape index (κ2) is 6.30. The molecule has 0 aromatic heterocycles. The van der Waals surface area contributed by atoms with Crippen LogP contribution in [-0.2, 0) is 10.1 Å². The van der Waals surface area contributed by atoms with Crippen LogP contribution in [0.25, 0.3) is 0 Å². The Hall–Kier alpha value is -3.31. The largest absolute Gasteiger partial charge is 0.508 e. The molecule has 0 heterocycles. The number of carboxylic acids is 1. The van der Waals surface area contributed by atoms with Crippen molar-refractivity contribution in [2.24, 2.45) is 0 Å². The lowest BCUT2D eigenvalue weighted by Crippen LogP contribution is -2.13. The molecule has 0 spiro atoms. The molecule has 0 saturated heterocycles. The molecule has 132 valence electrons. The minimum atomic E-state index is -4.90. The first-order valence-corrected chi connectivity index (χ1v) is 7.86. The molecule has 0 saturated carbocycles. The van der Waals surface area contributed by atoms with Gasteiger partial charge < -0.3 is 25.7 Å². The average molecular weight is 369 g/mol. The second-order valence-corrected chi connectivity index (χ2v) is 6.20. The smallest absolute Gasteiger partial charge is 0.339 e. The van der Waals surface area contributed by atoms with Gasteiger partial charge in [0.05, 0.1) is 5.56 Å². The van der Waals surface area contributed by atoms with Gasteiger partial charge in [0.1, 0.15) is 27.7 Å². The summed E-state index contributed by atoms with van der Waals surface area (Å²) in [5.41, 5.74) is -1.15. The quantitative estimate of drug-likeness (QED) is 0.338. The Morgan fingerprint density at radius 3 is 2.12 bits per heavy atom. The Balaban J connectivity index is 2.41. The highest BCUT2D eigenvalue weighted by Crippen LogP contribution is 2.32. The third kappa shape index (κ3) is 3.79. The van der Waals surface area contributed by atoms with Crippen LogP contribution in [-0.4, -0.2) is 45.3 Å². The van der Waals surface area contributed by atoms with Gasteiger partial charge in [0, 0.05) is 17.8 Å². The summed E-state index contributed by atoms with van der Waals surface area (Å²) < 4.78 is 31.3. The van der Waals surface area contributed by atoms with Gasteiger partial charge in [-0.25, -0.2) is 4.79 Å². The van der Waals surface area contributed by atoms with Crippen molar-refractivity contribution in [2.75, 3.05) is 5.32 Å². The molecule has 10 nitrogen and oxygen atoms in total. The molecular formula is C14H11NO9S. The lowest BCUT2D eigenvalue weighted by Gasteiger charge is -2.10. The zero-order valence-corrected chi connectivity index (χ0v) is 13.0. The fraction of sp³-hybridized carbons (Fsp3) is 0. The second-order valence-electron chi connectivity index (χ2n) is 4.81. The maximum absolute atomic E-state index is 12.1. The number of phenolic OH excluding ortho intramolecular Hbond substituents is 2. The van der Waals surface area contributed by atoms with E-state index in [0.717, 1.165) is 24.3 Å². The molecule has 2 rings (SSSR count). The molecule has 0 atom stereocenters. The minimum absolute atomic E-state index is 0.0661. The molecule has 11 heteroatoms. The van der Waals surface area contributed by atoms with E-state index in [-0.39, 0.29) is 5.69 Å². The number of carbonyl (C=O) groups is 2. The van der Waals surface area contributed by atoms with E-state index in [9.17, 15) is 33.3 Å². The topological polar surface area (TPSA) is 181 Å². The maximum Gasteiger partial charge on any atom is 0.339 e. The molecule has 0 radical (unpaired) electrons. The summed E-state index contributed by atoms with van der Waals surface area (Å²) in [5, 5.41) is 39.8. The summed E-state index contributed by atoms with van der Waals surface area (Å²) in [6, 6.07) is 4.38. The highest BCUT2D eigenvalue weighted by Gasteiger charge is 2.24. The number of benzene rings is 2. The van der Waals surface area contributed by atoms with Gasteiger partial charge in [-0.2, -0.15) is 8.42 Å². The van der Waals surface area contributed by atoms with E-state index in [2.05, 4.69) is 5.32 Å². The number of hydrogen-bond donors (Lipinski definition) is 6. The van der Waals surface area contributed by atoms with Crippen molar-refractivity contribution in [3.05, 3.63) is 41.5 Å². The molecule has 0 unspecified atom stereocenters. The standard InChI is InChI=1S/C14H11NO9S/c16-7-4-9(12(18)11(5-7)25(22,23)24)13(19)15-6-1-2-8(14(20)21)10(17)3-6/h1-5,16-18H,(H,15,19)(H,20,21)(H,22,23,24). The molecule has 0 fully saturated rings. The predicted octanol–water partition coefficient (Wildman–Crippen LogP) is 1.00. The van der Waals surface area contributed by atoms with Gasteiger partial charge in [0.2, 0.25) is 0 Å².